The van der Waals surface area contributed by atoms with E-state index in [2.05, 4.69) is 36.7 Å². The molecule has 8 nitrogen and oxygen atoms in total. The highest BCUT2D eigenvalue weighted by Gasteiger charge is 2.65. The minimum Gasteiger partial charge on any atom is -0.495 e. The fraction of sp³-hybridized carbons (Fsp3) is 0.344. The van der Waals surface area contributed by atoms with Crippen molar-refractivity contribution in [2.45, 2.75) is 50.6 Å². The third kappa shape index (κ3) is 5.46. The number of amides is 2. The average Bonchev–Trinajstić information content (AvgIpc) is 3.43. The zero-order valence-electron chi connectivity index (χ0n) is 24.3. The number of anilines is 2. The molecule has 43 heavy (non-hydrogen) atoms. The van der Waals surface area contributed by atoms with Gasteiger partial charge in [-0.1, -0.05) is 56.1 Å². The summed E-state index contributed by atoms with van der Waals surface area (Å²) in [4.78, 5) is 40.6. The Morgan fingerprint density at radius 2 is 1.79 bits per heavy atom. The Kier molecular flexibility index (Phi) is 8.19. The molecule has 0 unspecified atom stereocenters. The highest BCUT2D eigenvalue weighted by molar-refractivity contribution is 6.31. The number of rotatable bonds is 6. The van der Waals surface area contributed by atoms with E-state index in [-0.39, 0.29) is 27.7 Å². The molecular formula is C32H32Cl2FN3O5. The van der Waals surface area contributed by atoms with Crippen LogP contribution in [-0.2, 0) is 19.7 Å². The van der Waals surface area contributed by atoms with E-state index in [1.54, 1.807) is 30.3 Å². The molecule has 3 aromatic rings. The third-order valence-corrected chi connectivity index (χ3v) is 8.61. The molecule has 0 aliphatic carbocycles. The summed E-state index contributed by atoms with van der Waals surface area (Å²) in [6.45, 7) is 6.18. The number of carbonyl (C=O) groups excluding carboxylic acids is 3. The van der Waals surface area contributed by atoms with Crippen LogP contribution < -0.4 is 20.7 Å². The van der Waals surface area contributed by atoms with Gasteiger partial charge >= 0.3 is 5.97 Å². The van der Waals surface area contributed by atoms with E-state index in [0.717, 1.165) is 0 Å². The number of benzene rings is 3. The standard InChI is InChI=1S/C32H32Cl2FN3O5/c1-31(2,3)15-25-32(19-9-8-18(33)14-23(19)37-30(32)41)26(16-6-10-21(35)20(34)12-16)27(38-25)28(39)36-22-11-7-17(29(40)43-5)13-24(22)42-4/h6-14,25-27,38H,15H2,1-5H3,(H,36,39)(H,37,41)/t25-,26-,27+,32+/m0/s1. The van der Waals surface area contributed by atoms with Crippen LogP contribution >= 0.6 is 23.2 Å². The summed E-state index contributed by atoms with van der Waals surface area (Å²) in [5.74, 6) is -2.49. The number of hydrogen-bond acceptors (Lipinski definition) is 6. The SMILES string of the molecule is COC(=O)c1ccc(NC(=O)[C@@H]2N[C@@H](CC(C)(C)C)[C@@]3(C(=O)Nc4cc(Cl)ccc43)[C@H]2c2ccc(F)c(Cl)c2)c(OC)c1. The van der Waals surface area contributed by atoms with Gasteiger partial charge in [-0.25, -0.2) is 9.18 Å². The number of nitrogens with one attached hydrogen (secondary N) is 3. The summed E-state index contributed by atoms with van der Waals surface area (Å²) in [6.07, 6.45) is 0.523. The van der Waals surface area contributed by atoms with Crippen molar-refractivity contribution < 1.29 is 28.2 Å². The monoisotopic (exact) mass is 627 g/mol. The van der Waals surface area contributed by atoms with Gasteiger partial charge in [-0.15, -0.1) is 0 Å². The summed E-state index contributed by atoms with van der Waals surface area (Å²) in [7, 11) is 2.69. The normalized spacial score (nSPS) is 22.7. The van der Waals surface area contributed by atoms with Crippen LogP contribution in [-0.4, -0.2) is 44.1 Å². The third-order valence-electron chi connectivity index (χ3n) is 8.09. The molecular weight excluding hydrogens is 596 g/mol. The van der Waals surface area contributed by atoms with Crippen molar-refractivity contribution in [2.75, 3.05) is 24.9 Å². The van der Waals surface area contributed by atoms with Crippen molar-refractivity contribution in [1.82, 2.24) is 5.32 Å². The predicted octanol–water partition coefficient (Wildman–Crippen LogP) is 6.32. The summed E-state index contributed by atoms with van der Waals surface area (Å²) >= 11 is 12.6. The van der Waals surface area contributed by atoms with Crippen molar-refractivity contribution >= 4 is 52.4 Å². The first-order valence-corrected chi connectivity index (χ1v) is 14.5. The molecule has 1 fully saturated rings. The lowest BCUT2D eigenvalue weighted by molar-refractivity contribution is -0.122. The van der Waals surface area contributed by atoms with Gasteiger partial charge in [-0.2, -0.15) is 0 Å². The molecule has 1 saturated heterocycles. The second-order valence-corrected chi connectivity index (χ2v) is 12.9. The molecule has 2 heterocycles. The fourth-order valence-electron chi connectivity index (χ4n) is 6.38. The molecule has 226 valence electrons. The molecule has 1 spiro atoms. The lowest BCUT2D eigenvalue weighted by Gasteiger charge is -2.37. The van der Waals surface area contributed by atoms with Gasteiger partial charge in [0.15, 0.2) is 0 Å². The van der Waals surface area contributed by atoms with Gasteiger partial charge in [0.2, 0.25) is 11.8 Å². The second kappa shape index (κ2) is 11.4. The van der Waals surface area contributed by atoms with Crippen molar-refractivity contribution in [2.24, 2.45) is 5.41 Å². The minimum atomic E-state index is -1.27. The molecule has 5 rings (SSSR count). The molecule has 3 N–H and O–H groups in total. The topological polar surface area (TPSA) is 106 Å². The molecule has 3 aromatic carbocycles. The van der Waals surface area contributed by atoms with Crippen LogP contribution in [0.2, 0.25) is 10.0 Å². The van der Waals surface area contributed by atoms with Crippen LogP contribution in [0.5, 0.6) is 5.75 Å². The van der Waals surface area contributed by atoms with Crippen molar-refractivity contribution in [3.8, 4) is 5.75 Å². The zero-order valence-corrected chi connectivity index (χ0v) is 25.8. The van der Waals surface area contributed by atoms with Crippen LogP contribution in [0.15, 0.2) is 54.6 Å². The molecule has 2 amide bonds. The number of ether oxygens (including phenoxy) is 2. The molecule has 2 aliphatic heterocycles. The van der Waals surface area contributed by atoms with E-state index in [9.17, 15) is 18.8 Å². The fourth-order valence-corrected chi connectivity index (χ4v) is 6.74. The van der Waals surface area contributed by atoms with E-state index in [4.69, 9.17) is 32.7 Å². The first-order valence-electron chi connectivity index (χ1n) is 13.7. The Labute approximate surface area is 259 Å². The molecule has 4 atom stereocenters. The molecule has 0 bridgehead atoms. The molecule has 0 aromatic heterocycles. The van der Waals surface area contributed by atoms with Crippen LogP contribution in [0.1, 0.15) is 54.6 Å². The van der Waals surface area contributed by atoms with Gasteiger partial charge in [0.25, 0.3) is 0 Å². The van der Waals surface area contributed by atoms with Crippen LogP contribution in [0, 0.1) is 11.2 Å². The van der Waals surface area contributed by atoms with E-state index in [1.807, 2.05) is 0 Å². The van der Waals surface area contributed by atoms with E-state index < -0.39 is 41.1 Å². The Balaban J connectivity index is 1.67. The largest absolute Gasteiger partial charge is 0.495 e. The average molecular weight is 629 g/mol. The maximum absolute atomic E-state index is 14.4. The summed E-state index contributed by atoms with van der Waals surface area (Å²) in [5, 5.41) is 9.72. The van der Waals surface area contributed by atoms with Crippen LogP contribution in [0.4, 0.5) is 15.8 Å². The Morgan fingerprint density at radius 3 is 2.44 bits per heavy atom. The first-order chi connectivity index (χ1) is 20.3. The number of hydrogen-bond donors (Lipinski definition) is 3. The minimum absolute atomic E-state index is 0.124. The maximum Gasteiger partial charge on any atom is 0.337 e. The lowest BCUT2D eigenvalue weighted by Crippen LogP contribution is -2.49. The summed E-state index contributed by atoms with van der Waals surface area (Å²) in [6, 6.07) is 12.5. The highest BCUT2D eigenvalue weighted by Crippen LogP contribution is 2.57. The maximum atomic E-state index is 14.4. The summed E-state index contributed by atoms with van der Waals surface area (Å²) < 4.78 is 24.6. The zero-order chi connectivity index (χ0) is 31.3. The number of fused-ring (bicyclic) bond motifs is 2. The molecule has 0 radical (unpaired) electrons. The summed E-state index contributed by atoms with van der Waals surface area (Å²) in [5.41, 5.74) is 0.799. The van der Waals surface area contributed by atoms with Crippen LogP contribution in [0.25, 0.3) is 0 Å². The van der Waals surface area contributed by atoms with Gasteiger partial charge in [0, 0.05) is 22.7 Å². The van der Waals surface area contributed by atoms with Gasteiger partial charge < -0.3 is 25.4 Å². The van der Waals surface area contributed by atoms with E-state index in [1.165, 1.54) is 38.5 Å². The molecule has 0 saturated carbocycles. The highest BCUT2D eigenvalue weighted by atomic mass is 35.5. The Bertz CT molecular complexity index is 1620. The quantitative estimate of drug-likeness (QED) is 0.276. The van der Waals surface area contributed by atoms with Crippen molar-refractivity contribution in [1.29, 1.82) is 0 Å². The van der Waals surface area contributed by atoms with Gasteiger partial charge in [-0.05, 0) is 65.4 Å². The number of halogens is 3. The number of methoxy groups -OCH3 is 2. The van der Waals surface area contributed by atoms with Gasteiger partial charge in [0.1, 0.15) is 17.0 Å². The van der Waals surface area contributed by atoms with Crippen molar-refractivity contribution in [3.05, 3.63) is 87.2 Å². The van der Waals surface area contributed by atoms with E-state index in [0.29, 0.717) is 33.9 Å². The van der Waals surface area contributed by atoms with Gasteiger partial charge in [0.05, 0.1) is 36.5 Å². The van der Waals surface area contributed by atoms with Crippen LogP contribution in [0.3, 0.4) is 0 Å². The molecule has 2 aliphatic rings. The second-order valence-electron chi connectivity index (χ2n) is 12.0. The van der Waals surface area contributed by atoms with Crippen molar-refractivity contribution in [3.63, 3.8) is 0 Å². The Hall–Kier alpha value is -3.66. The molecule has 11 heteroatoms. The predicted molar refractivity (Wildman–Crippen MR) is 164 cm³/mol. The smallest absolute Gasteiger partial charge is 0.337 e. The Morgan fingerprint density at radius 1 is 1.05 bits per heavy atom. The number of carbonyl (C=O) groups is 3. The number of esters is 1. The first kappa shape index (κ1) is 30.8. The van der Waals surface area contributed by atoms with E-state index >= 15 is 0 Å². The van der Waals surface area contributed by atoms with Gasteiger partial charge in [-0.3, -0.25) is 9.59 Å². The lowest BCUT2D eigenvalue weighted by atomic mass is 9.62.